The SMILES string of the molecule is CCSN(CC)CC1CC(C)C1. The molecule has 0 atom stereocenters. The molecule has 1 fully saturated rings. The van der Waals surface area contributed by atoms with Crippen LogP contribution in [-0.4, -0.2) is 23.1 Å². The molecule has 1 nitrogen and oxygen atoms in total. The fraction of sp³-hybridized carbons (Fsp3) is 1.00. The molecule has 1 saturated carbocycles. The zero-order valence-corrected chi connectivity index (χ0v) is 9.36. The Balaban J connectivity index is 2.10. The average molecular weight is 187 g/mol. The van der Waals surface area contributed by atoms with Crippen LogP contribution in [-0.2, 0) is 0 Å². The van der Waals surface area contributed by atoms with E-state index in [4.69, 9.17) is 0 Å². The summed E-state index contributed by atoms with van der Waals surface area (Å²) in [6, 6.07) is 0. The number of hydrogen-bond acceptors (Lipinski definition) is 2. The molecule has 0 bridgehead atoms. The van der Waals surface area contributed by atoms with Crippen molar-refractivity contribution in [3.63, 3.8) is 0 Å². The Labute approximate surface area is 81.0 Å². The molecule has 12 heavy (non-hydrogen) atoms. The highest BCUT2D eigenvalue weighted by Crippen LogP contribution is 2.34. The molecule has 0 aromatic carbocycles. The van der Waals surface area contributed by atoms with Gasteiger partial charge in [-0.1, -0.05) is 32.7 Å². The minimum atomic E-state index is 0.999. The Bertz CT molecular complexity index is 121. The van der Waals surface area contributed by atoms with Crippen molar-refractivity contribution in [3.8, 4) is 0 Å². The van der Waals surface area contributed by atoms with Gasteiger partial charge in [0.15, 0.2) is 0 Å². The first-order valence-electron chi connectivity index (χ1n) is 5.14. The first kappa shape index (κ1) is 10.4. The van der Waals surface area contributed by atoms with Gasteiger partial charge in [-0.05, 0) is 24.7 Å². The van der Waals surface area contributed by atoms with E-state index < -0.39 is 0 Å². The van der Waals surface area contributed by atoms with Gasteiger partial charge in [-0.3, -0.25) is 4.31 Å². The van der Waals surface area contributed by atoms with E-state index in [1.807, 2.05) is 11.9 Å². The van der Waals surface area contributed by atoms with Gasteiger partial charge in [0.25, 0.3) is 0 Å². The molecule has 0 saturated heterocycles. The lowest BCUT2D eigenvalue weighted by Gasteiger charge is -2.35. The maximum Gasteiger partial charge on any atom is 0.0118 e. The van der Waals surface area contributed by atoms with Crippen LogP contribution in [0.5, 0.6) is 0 Å². The minimum absolute atomic E-state index is 0.999. The lowest BCUT2D eigenvalue weighted by Crippen LogP contribution is -2.32. The maximum atomic E-state index is 2.51. The Hall–Kier alpha value is 0.310. The maximum absolute atomic E-state index is 2.51. The topological polar surface area (TPSA) is 3.24 Å². The molecular weight excluding hydrogens is 166 g/mol. The standard InChI is InChI=1S/C10H21NS/c1-4-11(12-5-2)8-10-6-9(3)7-10/h9-10H,4-8H2,1-3H3. The van der Waals surface area contributed by atoms with E-state index in [0.717, 1.165) is 11.8 Å². The van der Waals surface area contributed by atoms with Gasteiger partial charge in [0, 0.05) is 18.8 Å². The normalized spacial score (nSPS) is 29.0. The molecule has 0 aliphatic heterocycles. The zero-order valence-electron chi connectivity index (χ0n) is 8.55. The molecule has 0 radical (unpaired) electrons. The molecule has 2 heteroatoms. The third-order valence-electron chi connectivity index (χ3n) is 2.60. The second kappa shape index (κ2) is 5.13. The van der Waals surface area contributed by atoms with E-state index in [1.54, 1.807) is 0 Å². The van der Waals surface area contributed by atoms with E-state index in [9.17, 15) is 0 Å². The van der Waals surface area contributed by atoms with E-state index in [-0.39, 0.29) is 0 Å². The third-order valence-corrected chi connectivity index (χ3v) is 3.63. The molecule has 1 aliphatic carbocycles. The van der Waals surface area contributed by atoms with Gasteiger partial charge in [-0.25, -0.2) is 0 Å². The fourth-order valence-electron chi connectivity index (χ4n) is 1.96. The van der Waals surface area contributed by atoms with Crippen LogP contribution in [0.1, 0.15) is 33.6 Å². The highest BCUT2D eigenvalue weighted by molar-refractivity contribution is 7.96. The lowest BCUT2D eigenvalue weighted by molar-refractivity contribution is 0.182. The Morgan fingerprint density at radius 1 is 1.33 bits per heavy atom. The predicted octanol–water partition coefficient (Wildman–Crippen LogP) is 3.02. The van der Waals surface area contributed by atoms with Gasteiger partial charge in [-0.15, -0.1) is 0 Å². The number of rotatable bonds is 5. The highest BCUT2D eigenvalue weighted by atomic mass is 32.2. The minimum Gasteiger partial charge on any atom is -0.251 e. The predicted molar refractivity (Wildman–Crippen MR) is 57.3 cm³/mol. The molecule has 0 amide bonds. The second-order valence-corrected chi connectivity index (χ2v) is 5.19. The zero-order chi connectivity index (χ0) is 8.97. The molecule has 0 aromatic heterocycles. The number of hydrogen-bond donors (Lipinski definition) is 0. The molecule has 72 valence electrons. The van der Waals surface area contributed by atoms with Crippen molar-refractivity contribution in [2.75, 3.05) is 18.8 Å². The molecule has 0 heterocycles. The summed E-state index contributed by atoms with van der Waals surface area (Å²) in [5.74, 6) is 3.22. The lowest BCUT2D eigenvalue weighted by atomic mass is 9.76. The van der Waals surface area contributed by atoms with Crippen molar-refractivity contribution < 1.29 is 0 Å². The molecule has 0 unspecified atom stereocenters. The van der Waals surface area contributed by atoms with E-state index in [1.165, 1.54) is 31.7 Å². The van der Waals surface area contributed by atoms with Crippen LogP contribution < -0.4 is 0 Å². The van der Waals surface area contributed by atoms with E-state index in [0.29, 0.717) is 0 Å². The summed E-state index contributed by atoms with van der Waals surface area (Å²) in [4.78, 5) is 0. The van der Waals surface area contributed by atoms with Crippen molar-refractivity contribution in [1.29, 1.82) is 0 Å². The molecule has 0 aromatic rings. The van der Waals surface area contributed by atoms with Crippen molar-refractivity contribution >= 4 is 11.9 Å². The van der Waals surface area contributed by atoms with Crippen LogP contribution >= 0.6 is 11.9 Å². The van der Waals surface area contributed by atoms with Gasteiger partial charge in [-0.2, -0.15) is 0 Å². The quantitative estimate of drug-likeness (QED) is 0.609. The summed E-state index contributed by atoms with van der Waals surface area (Å²) >= 11 is 1.99. The van der Waals surface area contributed by atoms with Gasteiger partial charge in [0.1, 0.15) is 0 Å². The first-order chi connectivity index (χ1) is 5.76. The van der Waals surface area contributed by atoms with Gasteiger partial charge in [0.2, 0.25) is 0 Å². The smallest absolute Gasteiger partial charge is 0.0118 e. The Morgan fingerprint density at radius 3 is 2.42 bits per heavy atom. The molecular formula is C10H21NS. The molecule has 0 spiro atoms. The van der Waals surface area contributed by atoms with Crippen molar-refractivity contribution in [2.45, 2.75) is 33.6 Å². The molecule has 1 rings (SSSR count). The van der Waals surface area contributed by atoms with Gasteiger partial charge in [0.05, 0.1) is 0 Å². The van der Waals surface area contributed by atoms with Crippen molar-refractivity contribution in [3.05, 3.63) is 0 Å². The summed E-state index contributed by atoms with van der Waals surface area (Å²) in [6.07, 6.45) is 2.92. The summed E-state index contributed by atoms with van der Waals surface area (Å²) in [7, 11) is 0. The van der Waals surface area contributed by atoms with Gasteiger partial charge >= 0.3 is 0 Å². The van der Waals surface area contributed by atoms with E-state index >= 15 is 0 Å². The average Bonchev–Trinajstić information content (AvgIpc) is 2.00. The highest BCUT2D eigenvalue weighted by Gasteiger charge is 2.26. The van der Waals surface area contributed by atoms with Crippen LogP contribution in [0.3, 0.4) is 0 Å². The van der Waals surface area contributed by atoms with Gasteiger partial charge < -0.3 is 0 Å². The Kier molecular flexibility index (Phi) is 4.44. The third kappa shape index (κ3) is 2.98. The van der Waals surface area contributed by atoms with Crippen LogP contribution in [0.15, 0.2) is 0 Å². The van der Waals surface area contributed by atoms with Crippen molar-refractivity contribution in [1.82, 2.24) is 4.31 Å². The first-order valence-corrected chi connectivity index (χ1v) is 6.08. The molecule has 0 N–H and O–H groups in total. The van der Waals surface area contributed by atoms with Crippen LogP contribution in [0.25, 0.3) is 0 Å². The van der Waals surface area contributed by atoms with E-state index in [2.05, 4.69) is 25.1 Å². The molecule has 1 aliphatic rings. The van der Waals surface area contributed by atoms with Crippen LogP contribution in [0.2, 0.25) is 0 Å². The second-order valence-electron chi connectivity index (χ2n) is 3.84. The summed E-state index contributed by atoms with van der Waals surface area (Å²) in [6.45, 7) is 9.37. The largest absolute Gasteiger partial charge is 0.251 e. The monoisotopic (exact) mass is 187 g/mol. The summed E-state index contributed by atoms with van der Waals surface area (Å²) in [5.41, 5.74) is 0. The summed E-state index contributed by atoms with van der Waals surface area (Å²) < 4.78 is 2.51. The van der Waals surface area contributed by atoms with Crippen LogP contribution in [0.4, 0.5) is 0 Å². The van der Waals surface area contributed by atoms with Crippen molar-refractivity contribution in [2.24, 2.45) is 11.8 Å². The number of nitrogens with zero attached hydrogens (tertiary/aromatic N) is 1. The van der Waals surface area contributed by atoms with Crippen LogP contribution in [0, 0.1) is 11.8 Å². The fourth-order valence-corrected chi connectivity index (χ4v) is 2.83. The Morgan fingerprint density at radius 2 is 2.00 bits per heavy atom. The summed E-state index contributed by atoms with van der Waals surface area (Å²) in [5, 5.41) is 0.